The Hall–Kier alpha value is -2.43. The van der Waals surface area contributed by atoms with Crippen LogP contribution in [-0.2, 0) is 23.9 Å². The molecule has 7 nitrogen and oxygen atoms in total. The predicted molar refractivity (Wildman–Crippen MR) is 108 cm³/mol. The number of phenols is 1. The summed E-state index contributed by atoms with van der Waals surface area (Å²) in [5.41, 5.74) is 1.32. The first-order valence-electron chi connectivity index (χ1n) is 10.3. The van der Waals surface area contributed by atoms with Crippen molar-refractivity contribution in [2.45, 2.75) is 38.1 Å². The topological polar surface area (TPSA) is 90.7 Å². The number of nitrogens with one attached hydrogen (secondary N) is 1. The number of hydrogen-bond acceptors (Lipinski definition) is 7. The van der Waals surface area contributed by atoms with E-state index in [9.17, 15) is 23.4 Å². The van der Waals surface area contributed by atoms with Crippen molar-refractivity contribution >= 4 is 5.82 Å². The van der Waals surface area contributed by atoms with Gasteiger partial charge in [0.15, 0.2) is 5.82 Å². The monoisotopic (exact) mass is 438 g/mol. The van der Waals surface area contributed by atoms with Gasteiger partial charge in [0, 0.05) is 30.3 Å². The zero-order chi connectivity index (χ0) is 22.0. The number of likely N-dealkylation sites (tertiary alicyclic amines) is 1. The van der Waals surface area contributed by atoms with E-state index in [2.05, 4.69) is 20.4 Å². The molecule has 10 heteroatoms. The zero-order valence-electron chi connectivity index (χ0n) is 17.0. The van der Waals surface area contributed by atoms with E-state index in [0.717, 1.165) is 43.1 Å². The van der Waals surface area contributed by atoms with E-state index in [1.54, 1.807) is 0 Å². The number of anilines is 1. The Balaban J connectivity index is 1.63. The largest absolute Gasteiger partial charge is 0.507 e. The molecule has 168 valence electrons. The number of β-amino-alcohol motifs (C(OH)–C–C–N with tert-alkyl or cyclic N) is 1. The van der Waals surface area contributed by atoms with E-state index in [-0.39, 0.29) is 18.2 Å². The average Bonchev–Trinajstić information content (AvgIpc) is 2.74. The normalized spacial score (nSPS) is 19.8. The van der Waals surface area contributed by atoms with Crippen LogP contribution in [0.1, 0.15) is 29.5 Å². The second-order valence-electron chi connectivity index (χ2n) is 7.89. The highest BCUT2D eigenvalue weighted by Gasteiger charge is 2.32. The van der Waals surface area contributed by atoms with Crippen molar-refractivity contribution in [3.05, 3.63) is 34.9 Å². The Morgan fingerprint density at radius 1 is 1.23 bits per heavy atom. The van der Waals surface area contributed by atoms with Crippen LogP contribution < -0.4 is 5.32 Å². The lowest BCUT2D eigenvalue weighted by Crippen LogP contribution is -2.43. The number of halogens is 3. The Morgan fingerprint density at radius 2 is 2.06 bits per heavy atom. The van der Waals surface area contributed by atoms with Gasteiger partial charge in [-0.2, -0.15) is 13.2 Å². The third-order valence-electron chi connectivity index (χ3n) is 5.77. The number of ether oxygens (including phenoxy) is 1. The molecule has 1 saturated heterocycles. The molecule has 0 radical (unpaired) electrons. The Morgan fingerprint density at radius 3 is 2.81 bits per heavy atom. The third-order valence-corrected chi connectivity index (χ3v) is 5.77. The van der Waals surface area contributed by atoms with E-state index in [1.165, 1.54) is 6.07 Å². The van der Waals surface area contributed by atoms with Gasteiger partial charge < -0.3 is 20.3 Å². The van der Waals surface area contributed by atoms with E-state index < -0.39 is 17.5 Å². The summed E-state index contributed by atoms with van der Waals surface area (Å²) >= 11 is 0. The highest BCUT2D eigenvalue weighted by atomic mass is 19.4. The van der Waals surface area contributed by atoms with Gasteiger partial charge in [-0.1, -0.05) is 0 Å². The van der Waals surface area contributed by atoms with Crippen molar-refractivity contribution in [3.63, 3.8) is 0 Å². The van der Waals surface area contributed by atoms with E-state index in [0.29, 0.717) is 43.8 Å². The van der Waals surface area contributed by atoms with Crippen LogP contribution in [0.5, 0.6) is 5.75 Å². The first kappa shape index (κ1) is 21.8. The lowest BCUT2D eigenvalue weighted by molar-refractivity contribution is -0.137. The molecule has 4 rings (SSSR count). The van der Waals surface area contributed by atoms with Crippen molar-refractivity contribution in [1.82, 2.24) is 15.1 Å². The molecule has 0 spiro atoms. The van der Waals surface area contributed by atoms with E-state index in [4.69, 9.17) is 4.74 Å². The Kier molecular flexibility index (Phi) is 6.31. The van der Waals surface area contributed by atoms with Crippen LogP contribution in [0.2, 0.25) is 0 Å². The SMILES string of the molecule is OCCN1CCC[C@@H](Nc2nnc(-c3ccc(C(F)(F)F)cc3O)c3c2COCC3)C1. The summed E-state index contributed by atoms with van der Waals surface area (Å²) in [6, 6.07) is 3.03. The Bertz CT molecular complexity index is 937. The molecule has 1 atom stereocenters. The number of aliphatic hydroxyl groups excluding tert-OH is 1. The van der Waals surface area contributed by atoms with E-state index >= 15 is 0 Å². The van der Waals surface area contributed by atoms with Gasteiger partial charge in [-0.15, -0.1) is 10.2 Å². The molecule has 0 bridgehead atoms. The smallest absolute Gasteiger partial charge is 0.416 e. The van der Waals surface area contributed by atoms with Gasteiger partial charge in [0.1, 0.15) is 11.4 Å². The maximum Gasteiger partial charge on any atom is 0.416 e. The number of phenolic OH excluding ortho intramolecular Hbond substituents is 1. The van der Waals surface area contributed by atoms with Crippen LogP contribution in [0.25, 0.3) is 11.3 Å². The zero-order valence-corrected chi connectivity index (χ0v) is 17.0. The van der Waals surface area contributed by atoms with Gasteiger partial charge >= 0.3 is 6.18 Å². The summed E-state index contributed by atoms with van der Waals surface area (Å²) in [6.07, 6.45) is -2.05. The maximum atomic E-state index is 12.9. The van der Waals surface area contributed by atoms with E-state index in [1.807, 2.05) is 0 Å². The molecule has 0 aliphatic carbocycles. The van der Waals surface area contributed by atoms with Gasteiger partial charge in [-0.05, 0) is 49.6 Å². The molecular weight excluding hydrogens is 413 g/mol. The lowest BCUT2D eigenvalue weighted by atomic mass is 9.96. The fraction of sp³-hybridized carbons (Fsp3) is 0.524. The summed E-state index contributed by atoms with van der Waals surface area (Å²) in [6.45, 7) is 3.23. The molecule has 2 aliphatic heterocycles. The molecule has 0 unspecified atom stereocenters. The highest BCUT2D eigenvalue weighted by molar-refractivity contribution is 5.73. The van der Waals surface area contributed by atoms with Gasteiger partial charge in [0.25, 0.3) is 0 Å². The first-order chi connectivity index (χ1) is 14.9. The summed E-state index contributed by atoms with van der Waals surface area (Å²) in [4.78, 5) is 2.19. The lowest BCUT2D eigenvalue weighted by Gasteiger charge is -2.33. The predicted octanol–water partition coefficient (Wildman–Crippen LogP) is 2.81. The van der Waals surface area contributed by atoms with Crippen LogP contribution in [0.4, 0.5) is 19.0 Å². The minimum atomic E-state index is -4.54. The highest BCUT2D eigenvalue weighted by Crippen LogP contribution is 2.39. The molecule has 1 aromatic heterocycles. The van der Waals surface area contributed by atoms with Crippen LogP contribution in [0.15, 0.2) is 18.2 Å². The molecule has 0 saturated carbocycles. The number of benzene rings is 1. The van der Waals surface area contributed by atoms with Gasteiger partial charge in [0.05, 0.1) is 25.4 Å². The third kappa shape index (κ3) is 4.76. The van der Waals surface area contributed by atoms with Crippen LogP contribution in [0.3, 0.4) is 0 Å². The molecule has 2 aromatic rings. The van der Waals surface area contributed by atoms with Crippen LogP contribution in [-0.4, -0.2) is 64.2 Å². The number of fused-ring (bicyclic) bond motifs is 1. The molecule has 0 amide bonds. The number of aliphatic hydroxyl groups is 1. The van der Waals surface area contributed by atoms with Crippen molar-refractivity contribution in [1.29, 1.82) is 0 Å². The molecule has 2 aliphatic rings. The summed E-state index contributed by atoms with van der Waals surface area (Å²) in [5.74, 6) is 0.117. The van der Waals surface area contributed by atoms with Crippen molar-refractivity contribution < 1.29 is 28.1 Å². The standard InChI is InChI=1S/C21H25F3N4O3/c22-21(23,24)13-3-4-16(18(30)10-13)19-15-5-9-31-12-17(15)20(27-26-19)25-14-2-1-6-28(11-14)7-8-29/h3-4,10,14,29-30H,1-2,5-9,11-12H2,(H,25,27)/t14-/m1/s1. The molecular formula is C21H25F3N4O3. The van der Waals surface area contributed by atoms with Crippen molar-refractivity contribution in [3.8, 4) is 17.0 Å². The summed E-state index contributed by atoms with van der Waals surface area (Å²) in [5, 5.41) is 31.5. The average molecular weight is 438 g/mol. The van der Waals surface area contributed by atoms with Crippen molar-refractivity contribution in [2.24, 2.45) is 0 Å². The quantitative estimate of drug-likeness (QED) is 0.661. The van der Waals surface area contributed by atoms with Gasteiger partial charge in [-0.25, -0.2) is 0 Å². The number of nitrogens with zero attached hydrogens (tertiary/aromatic N) is 3. The summed E-state index contributed by atoms with van der Waals surface area (Å²) in [7, 11) is 0. The number of aromatic hydroxyl groups is 1. The van der Waals surface area contributed by atoms with Crippen LogP contribution >= 0.6 is 0 Å². The number of aromatic nitrogens is 2. The molecule has 1 aromatic carbocycles. The number of hydrogen-bond donors (Lipinski definition) is 3. The minimum Gasteiger partial charge on any atom is -0.507 e. The maximum absolute atomic E-state index is 12.9. The molecule has 3 N–H and O–H groups in total. The van der Waals surface area contributed by atoms with Crippen molar-refractivity contribution in [2.75, 3.05) is 38.2 Å². The number of rotatable bonds is 5. The molecule has 1 fully saturated rings. The second kappa shape index (κ2) is 8.97. The van der Waals surface area contributed by atoms with Crippen LogP contribution in [0, 0.1) is 0 Å². The second-order valence-corrected chi connectivity index (χ2v) is 7.89. The summed E-state index contributed by atoms with van der Waals surface area (Å²) < 4.78 is 44.4. The van der Waals surface area contributed by atoms with Gasteiger partial charge in [-0.3, -0.25) is 4.90 Å². The number of alkyl halides is 3. The molecule has 31 heavy (non-hydrogen) atoms. The number of piperidine rings is 1. The first-order valence-corrected chi connectivity index (χ1v) is 10.3. The fourth-order valence-electron chi connectivity index (χ4n) is 4.23. The van der Waals surface area contributed by atoms with Gasteiger partial charge in [0.2, 0.25) is 0 Å². The fourth-order valence-corrected chi connectivity index (χ4v) is 4.23. The minimum absolute atomic E-state index is 0.112. The molecule has 3 heterocycles. The Labute approximate surface area is 177 Å².